The second kappa shape index (κ2) is 5.73. The van der Waals surface area contributed by atoms with Crippen molar-refractivity contribution in [3.8, 4) is 11.4 Å². The largest absolute Gasteiger partial charge is 0.497 e. The van der Waals surface area contributed by atoms with Crippen LogP contribution in [0.2, 0.25) is 0 Å². The molecular formula is C14H17N3O3. The molecule has 2 rings (SSSR count). The lowest BCUT2D eigenvalue weighted by molar-refractivity contribution is 0.0518. The van der Waals surface area contributed by atoms with Crippen molar-refractivity contribution in [2.24, 2.45) is 0 Å². The Hall–Kier alpha value is -2.37. The number of rotatable bonds is 4. The predicted molar refractivity (Wildman–Crippen MR) is 73.3 cm³/mol. The third-order valence-electron chi connectivity index (χ3n) is 3.00. The Kier molecular flexibility index (Phi) is 4.02. The number of hydrogen-bond donors (Lipinski definition) is 0. The standard InChI is InChI=1S/C14H17N3O3/c1-5-20-14(18)13-10(3)17(16-15-13)12-7-6-11(19-4)8-9(12)2/h6-8H,5H2,1-4H3. The summed E-state index contributed by atoms with van der Waals surface area (Å²) in [6.07, 6.45) is 0. The van der Waals surface area contributed by atoms with Crippen LogP contribution in [0.5, 0.6) is 5.75 Å². The number of esters is 1. The van der Waals surface area contributed by atoms with Gasteiger partial charge in [0, 0.05) is 0 Å². The first-order valence-electron chi connectivity index (χ1n) is 6.33. The van der Waals surface area contributed by atoms with E-state index in [9.17, 15) is 4.79 Å². The Balaban J connectivity index is 2.42. The van der Waals surface area contributed by atoms with Crippen LogP contribution in [-0.4, -0.2) is 34.7 Å². The Morgan fingerprint density at radius 1 is 1.35 bits per heavy atom. The second-order valence-electron chi connectivity index (χ2n) is 4.31. The minimum absolute atomic E-state index is 0.238. The van der Waals surface area contributed by atoms with E-state index in [1.165, 1.54) is 0 Å². The number of nitrogens with zero attached hydrogens (tertiary/aromatic N) is 3. The van der Waals surface area contributed by atoms with Crippen molar-refractivity contribution in [3.63, 3.8) is 0 Å². The highest BCUT2D eigenvalue weighted by atomic mass is 16.5. The molecule has 0 aliphatic heterocycles. The molecule has 1 aromatic heterocycles. The molecule has 0 aliphatic rings. The number of ether oxygens (including phenoxy) is 2. The Bertz CT molecular complexity index is 635. The van der Waals surface area contributed by atoms with Gasteiger partial charge >= 0.3 is 5.97 Å². The van der Waals surface area contributed by atoms with Crippen LogP contribution in [0.1, 0.15) is 28.7 Å². The molecule has 0 bridgehead atoms. The molecule has 1 heterocycles. The molecule has 0 amide bonds. The van der Waals surface area contributed by atoms with Crippen LogP contribution in [0.25, 0.3) is 5.69 Å². The maximum absolute atomic E-state index is 11.7. The number of aromatic nitrogens is 3. The molecule has 0 fully saturated rings. The van der Waals surface area contributed by atoms with E-state index in [2.05, 4.69) is 10.3 Å². The number of benzene rings is 1. The summed E-state index contributed by atoms with van der Waals surface area (Å²) in [5, 5.41) is 7.93. The van der Waals surface area contributed by atoms with E-state index in [0.29, 0.717) is 12.3 Å². The van der Waals surface area contributed by atoms with E-state index >= 15 is 0 Å². The fourth-order valence-corrected chi connectivity index (χ4v) is 1.94. The fraction of sp³-hybridized carbons (Fsp3) is 0.357. The summed E-state index contributed by atoms with van der Waals surface area (Å²) < 4.78 is 11.7. The van der Waals surface area contributed by atoms with Gasteiger partial charge in [0.05, 0.1) is 25.1 Å². The minimum atomic E-state index is -0.456. The Labute approximate surface area is 117 Å². The molecule has 0 saturated carbocycles. The number of aryl methyl sites for hydroxylation is 1. The zero-order valence-corrected chi connectivity index (χ0v) is 12.0. The van der Waals surface area contributed by atoms with Gasteiger partial charge in [-0.05, 0) is 44.5 Å². The van der Waals surface area contributed by atoms with Crippen molar-refractivity contribution < 1.29 is 14.3 Å². The highest BCUT2D eigenvalue weighted by molar-refractivity contribution is 5.88. The van der Waals surface area contributed by atoms with Crippen LogP contribution < -0.4 is 4.74 Å². The lowest BCUT2D eigenvalue weighted by Crippen LogP contribution is -2.08. The van der Waals surface area contributed by atoms with Gasteiger partial charge in [0.15, 0.2) is 5.69 Å². The van der Waals surface area contributed by atoms with E-state index in [0.717, 1.165) is 17.0 Å². The lowest BCUT2D eigenvalue weighted by atomic mass is 10.2. The maximum atomic E-state index is 11.7. The van der Waals surface area contributed by atoms with Crippen molar-refractivity contribution in [2.45, 2.75) is 20.8 Å². The Morgan fingerprint density at radius 2 is 2.10 bits per heavy atom. The van der Waals surface area contributed by atoms with Crippen molar-refractivity contribution >= 4 is 5.97 Å². The summed E-state index contributed by atoms with van der Waals surface area (Å²) in [6, 6.07) is 5.62. The third kappa shape index (κ3) is 2.49. The molecule has 6 nitrogen and oxygen atoms in total. The smallest absolute Gasteiger partial charge is 0.360 e. The molecule has 0 unspecified atom stereocenters. The SMILES string of the molecule is CCOC(=O)c1nnn(-c2ccc(OC)cc2C)c1C. The van der Waals surface area contributed by atoms with Gasteiger partial charge in [-0.2, -0.15) is 0 Å². The minimum Gasteiger partial charge on any atom is -0.497 e. The maximum Gasteiger partial charge on any atom is 0.360 e. The van der Waals surface area contributed by atoms with E-state index < -0.39 is 5.97 Å². The molecule has 0 radical (unpaired) electrons. The van der Waals surface area contributed by atoms with Crippen LogP contribution in [-0.2, 0) is 4.74 Å². The molecule has 0 saturated heterocycles. The van der Waals surface area contributed by atoms with E-state index in [-0.39, 0.29) is 5.69 Å². The first kappa shape index (κ1) is 14.0. The van der Waals surface area contributed by atoms with Gasteiger partial charge in [0.2, 0.25) is 0 Å². The average molecular weight is 275 g/mol. The molecule has 0 spiro atoms. The van der Waals surface area contributed by atoms with Gasteiger partial charge in [-0.3, -0.25) is 0 Å². The highest BCUT2D eigenvalue weighted by Crippen LogP contribution is 2.21. The monoisotopic (exact) mass is 275 g/mol. The summed E-state index contributed by atoms with van der Waals surface area (Å²) in [5.74, 6) is 0.317. The van der Waals surface area contributed by atoms with Gasteiger partial charge in [0.1, 0.15) is 5.75 Å². The van der Waals surface area contributed by atoms with Crippen LogP contribution in [0, 0.1) is 13.8 Å². The quantitative estimate of drug-likeness (QED) is 0.799. The molecule has 0 aliphatic carbocycles. The van der Waals surface area contributed by atoms with Gasteiger partial charge in [-0.25, -0.2) is 9.48 Å². The second-order valence-corrected chi connectivity index (χ2v) is 4.31. The van der Waals surface area contributed by atoms with Crippen LogP contribution in [0.4, 0.5) is 0 Å². The summed E-state index contributed by atoms with van der Waals surface area (Å²) in [5.41, 5.74) is 2.72. The highest BCUT2D eigenvalue weighted by Gasteiger charge is 2.19. The predicted octanol–water partition coefficient (Wildman–Crippen LogP) is 2.07. The lowest BCUT2D eigenvalue weighted by Gasteiger charge is -2.09. The Morgan fingerprint density at radius 3 is 2.70 bits per heavy atom. The van der Waals surface area contributed by atoms with Crippen molar-refractivity contribution in [2.75, 3.05) is 13.7 Å². The normalized spacial score (nSPS) is 10.4. The summed E-state index contributed by atoms with van der Waals surface area (Å²) >= 11 is 0. The molecule has 6 heteroatoms. The number of hydrogen-bond acceptors (Lipinski definition) is 5. The van der Waals surface area contributed by atoms with Gasteiger partial charge < -0.3 is 9.47 Å². The van der Waals surface area contributed by atoms with Crippen molar-refractivity contribution in [3.05, 3.63) is 35.2 Å². The zero-order valence-electron chi connectivity index (χ0n) is 12.0. The molecule has 20 heavy (non-hydrogen) atoms. The van der Waals surface area contributed by atoms with Crippen LogP contribution in [0.15, 0.2) is 18.2 Å². The van der Waals surface area contributed by atoms with E-state index in [1.807, 2.05) is 25.1 Å². The number of carbonyl (C=O) groups excluding carboxylic acids is 1. The van der Waals surface area contributed by atoms with Gasteiger partial charge in [0.25, 0.3) is 0 Å². The zero-order chi connectivity index (χ0) is 14.7. The molecule has 106 valence electrons. The summed E-state index contributed by atoms with van der Waals surface area (Å²) in [7, 11) is 1.62. The number of carbonyl (C=O) groups is 1. The molecule has 2 aromatic rings. The topological polar surface area (TPSA) is 66.2 Å². The first-order chi connectivity index (χ1) is 9.58. The average Bonchev–Trinajstić information content (AvgIpc) is 2.80. The van der Waals surface area contributed by atoms with Crippen molar-refractivity contribution in [1.29, 1.82) is 0 Å². The first-order valence-corrected chi connectivity index (χ1v) is 6.33. The molecular weight excluding hydrogens is 258 g/mol. The molecule has 0 atom stereocenters. The summed E-state index contributed by atoms with van der Waals surface area (Å²) in [4.78, 5) is 11.7. The third-order valence-corrected chi connectivity index (χ3v) is 3.00. The number of methoxy groups -OCH3 is 1. The van der Waals surface area contributed by atoms with Crippen LogP contribution in [0.3, 0.4) is 0 Å². The summed E-state index contributed by atoms with van der Waals surface area (Å²) in [6.45, 7) is 5.80. The van der Waals surface area contributed by atoms with Crippen molar-refractivity contribution in [1.82, 2.24) is 15.0 Å². The van der Waals surface area contributed by atoms with Gasteiger partial charge in [-0.1, -0.05) is 5.21 Å². The van der Waals surface area contributed by atoms with E-state index in [1.54, 1.807) is 25.6 Å². The molecule has 0 N–H and O–H groups in total. The van der Waals surface area contributed by atoms with E-state index in [4.69, 9.17) is 9.47 Å². The fourth-order valence-electron chi connectivity index (χ4n) is 1.94. The van der Waals surface area contributed by atoms with Crippen LogP contribution >= 0.6 is 0 Å². The molecule has 1 aromatic carbocycles. The van der Waals surface area contributed by atoms with Gasteiger partial charge in [-0.15, -0.1) is 5.10 Å².